The van der Waals surface area contributed by atoms with Crippen molar-refractivity contribution in [1.82, 2.24) is 15.5 Å². The van der Waals surface area contributed by atoms with Gasteiger partial charge >= 0.3 is 0 Å². The number of nitrogens with zero attached hydrogens (tertiary/aromatic N) is 1. The average molecular weight is 569 g/mol. The van der Waals surface area contributed by atoms with Crippen molar-refractivity contribution in [2.75, 3.05) is 19.6 Å². The number of piperidine rings is 1. The standard InChI is InChI=1S/C32H44N4O3.ClH/c1-4-19-34-28(37)25-22-32(26-15-9-8-14-24(25)26)17-20-36(21-18-32)29(38)27(35-30(39)31(2,3)33)16-10-13-23-11-6-5-7-12-23;/h5-9,11-12,14-15,25,27H,4,10,13,16-22,33H2,1-3H3,(H,34,37)(H,35,39);1H/t25-,27-;/m1./s1. The summed E-state index contributed by atoms with van der Waals surface area (Å²) in [6.45, 7) is 7.26. The van der Waals surface area contributed by atoms with Gasteiger partial charge in [-0.2, -0.15) is 0 Å². The molecule has 0 bridgehead atoms. The third-order valence-electron chi connectivity index (χ3n) is 8.39. The minimum absolute atomic E-state index is 0. The summed E-state index contributed by atoms with van der Waals surface area (Å²) in [5.74, 6) is -0.407. The molecular formula is C32H45ClN4O3. The van der Waals surface area contributed by atoms with Gasteiger partial charge in [0.15, 0.2) is 0 Å². The molecule has 1 aliphatic heterocycles. The van der Waals surface area contributed by atoms with Crippen LogP contribution in [0.15, 0.2) is 54.6 Å². The van der Waals surface area contributed by atoms with Gasteiger partial charge in [-0.05, 0) is 75.5 Å². The quantitative estimate of drug-likeness (QED) is 0.399. The zero-order valence-electron chi connectivity index (χ0n) is 24.1. The van der Waals surface area contributed by atoms with E-state index in [2.05, 4.69) is 47.9 Å². The van der Waals surface area contributed by atoms with Crippen LogP contribution in [-0.4, -0.2) is 53.8 Å². The normalized spacial score (nSPS) is 18.4. The monoisotopic (exact) mass is 568 g/mol. The van der Waals surface area contributed by atoms with Crippen molar-refractivity contribution in [2.24, 2.45) is 5.73 Å². The summed E-state index contributed by atoms with van der Waals surface area (Å²) in [6, 6.07) is 17.9. The fourth-order valence-corrected chi connectivity index (χ4v) is 6.11. The maximum atomic E-state index is 13.7. The lowest BCUT2D eigenvalue weighted by molar-refractivity contribution is -0.139. The van der Waals surface area contributed by atoms with E-state index < -0.39 is 11.6 Å². The molecule has 0 aromatic heterocycles. The number of nitrogens with two attached hydrogens (primary N) is 1. The number of likely N-dealkylation sites (tertiary alicyclic amines) is 1. The number of halogens is 1. The summed E-state index contributed by atoms with van der Waals surface area (Å²) >= 11 is 0. The van der Waals surface area contributed by atoms with E-state index in [9.17, 15) is 14.4 Å². The number of nitrogens with one attached hydrogen (secondary N) is 2. The Morgan fingerprint density at radius 2 is 1.70 bits per heavy atom. The molecule has 1 aliphatic carbocycles. The molecule has 0 saturated carbocycles. The average Bonchev–Trinajstić information content (AvgIpc) is 3.25. The number of benzene rings is 2. The van der Waals surface area contributed by atoms with Gasteiger partial charge in [0.05, 0.1) is 11.5 Å². The Morgan fingerprint density at radius 1 is 1.05 bits per heavy atom. The fourth-order valence-electron chi connectivity index (χ4n) is 6.11. The zero-order valence-corrected chi connectivity index (χ0v) is 24.9. The molecule has 2 aromatic carbocycles. The largest absolute Gasteiger partial charge is 0.356 e. The molecule has 1 spiro atoms. The molecule has 1 fully saturated rings. The van der Waals surface area contributed by atoms with Gasteiger partial charge in [0, 0.05) is 25.0 Å². The Kier molecular flexibility index (Phi) is 10.8. The van der Waals surface area contributed by atoms with Crippen LogP contribution in [0.4, 0.5) is 0 Å². The topological polar surface area (TPSA) is 105 Å². The zero-order chi connectivity index (χ0) is 28.0. The number of hydrogen-bond donors (Lipinski definition) is 3. The second-order valence-corrected chi connectivity index (χ2v) is 11.9. The Balaban J connectivity index is 0.00000441. The number of carbonyl (C=O) groups excluding carboxylic acids is 3. The van der Waals surface area contributed by atoms with Crippen molar-refractivity contribution < 1.29 is 14.4 Å². The lowest BCUT2D eigenvalue weighted by Gasteiger charge is -2.41. The summed E-state index contributed by atoms with van der Waals surface area (Å²) in [4.78, 5) is 41.4. The highest BCUT2D eigenvalue weighted by Crippen LogP contribution is 2.51. The smallest absolute Gasteiger partial charge is 0.245 e. The molecule has 2 aliphatic rings. The van der Waals surface area contributed by atoms with Crippen molar-refractivity contribution in [3.8, 4) is 0 Å². The molecule has 4 N–H and O–H groups in total. The molecule has 2 atom stereocenters. The molecule has 2 aromatic rings. The maximum Gasteiger partial charge on any atom is 0.245 e. The van der Waals surface area contributed by atoms with Crippen LogP contribution in [0.25, 0.3) is 0 Å². The highest BCUT2D eigenvalue weighted by Gasteiger charge is 2.48. The first-order chi connectivity index (χ1) is 18.6. The van der Waals surface area contributed by atoms with E-state index in [4.69, 9.17) is 5.73 Å². The Morgan fingerprint density at radius 3 is 2.35 bits per heavy atom. The van der Waals surface area contributed by atoms with Crippen LogP contribution < -0.4 is 16.4 Å². The van der Waals surface area contributed by atoms with E-state index in [0.29, 0.717) is 26.1 Å². The van der Waals surface area contributed by atoms with E-state index in [1.54, 1.807) is 13.8 Å². The van der Waals surface area contributed by atoms with E-state index in [0.717, 1.165) is 44.1 Å². The molecule has 8 heteroatoms. The molecule has 218 valence electrons. The third kappa shape index (κ3) is 7.24. The number of amides is 3. The van der Waals surface area contributed by atoms with E-state index in [1.165, 1.54) is 11.1 Å². The van der Waals surface area contributed by atoms with Crippen LogP contribution in [0.1, 0.15) is 81.9 Å². The number of fused-ring (bicyclic) bond motifs is 2. The molecule has 4 rings (SSSR count). The third-order valence-corrected chi connectivity index (χ3v) is 8.39. The minimum atomic E-state index is -1.06. The van der Waals surface area contributed by atoms with Gasteiger partial charge in [0.25, 0.3) is 0 Å². The van der Waals surface area contributed by atoms with Crippen LogP contribution in [0.3, 0.4) is 0 Å². The first-order valence-electron chi connectivity index (χ1n) is 14.4. The van der Waals surface area contributed by atoms with Gasteiger partial charge in [-0.15, -0.1) is 12.4 Å². The van der Waals surface area contributed by atoms with Gasteiger partial charge in [-0.1, -0.05) is 61.5 Å². The second kappa shape index (κ2) is 13.6. The number of aryl methyl sites for hydroxylation is 1. The van der Waals surface area contributed by atoms with Crippen molar-refractivity contribution in [2.45, 2.75) is 88.6 Å². The highest BCUT2D eigenvalue weighted by atomic mass is 35.5. The first kappa shape index (κ1) is 31.6. The predicted octanol–water partition coefficient (Wildman–Crippen LogP) is 4.23. The lowest BCUT2D eigenvalue weighted by atomic mass is 9.73. The number of rotatable bonds is 10. The highest BCUT2D eigenvalue weighted by molar-refractivity contribution is 5.91. The van der Waals surface area contributed by atoms with Crippen molar-refractivity contribution in [3.05, 3.63) is 71.3 Å². The van der Waals surface area contributed by atoms with E-state index in [-0.39, 0.29) is 41.5 Å². The van der Waals surface area contributed by atoms with Crippen molar-refractivity contribution in [3.63, 3.8) is 0 Å². The van der Waals surface area contributed by atoms with Crippen molar-refractivity contribution in [1.29, 1.82) is 0 Å². The Labute approximate surface area is 245 Å². The second-order valence-electron chi connectivity index (χ2n) is 11.9. The molecule has 7 nitrogen and oxygen atoms in total. The Hall–Kier alpha value is -2.90. The summed E-state index contributed by atoms with van der Waals surface area (Å²) in [5.41, 5.74) is 8.48. The van der Waals surface area contributed by atoms with Gasteiger partial charge in [-0.3, -0.25) is 14.4 Å². The summed E-state index contributed by atoms with van der Waals surface area (Å²) < 4.78 is 0. The maximum absolute atomic E-state index is 13.7. The van der Waals surface area contributed by atoms with Gasteiger partial charge in [0.1, 0.15) is 6.04 Å². The molecular weight excluding hydrogens is 524 g/mol. The van der Waals surface area contributed by atoms with Gasteiger partial charge < -0.3 is 21.3 Å². The SMILES string of the molecule is CCCNC(=O)[C@@H]1CC2(CCN(C(=O)[C@@H](CCCc3ccccc3)NC(=O)C(C)(C)N)CC2)c2ccccc21.Cl. The van der Waals surface area contributed by atoms with Crippen LogP contribution in [0.5, 0.6) is 0 Å². The molecule has 0 unspecified atom stereocenters. The summed E-state index contributed by atoms with van der Waals surface area (Å²) in [5, 5.41) is 6.04. The number of carbonyl (C=O) groups is 3. The lowest BCUT2D eigenvalue weighted by Crippen LogP contribution is -2.57. The minimum Gasteiger partial charge on any atom is -0.356 e. The van der Waals surface area contributed by atoms with Crippen LogP contribution in [-0.2, 0) is 26.2 Å². The van der Waals surface area contributed by atoms with Gasteiger partial charge in [-0.25, -0.2) is 0 Å². The fraction of sp³-hybridized carbons (Fsp3) is 0.531. The molecule has 0 radical (unpaired) electrons. The molecule has 1 saturated heterocycles. The van der Waals surface area contributed by atoms with Crippen LogP contribution in [0.2, 0.25) is 0 Å². The van der Waals surface area contributed by atoms with E-state index in [1.807, 2.05) is 29.2 Å². The number of hydrogen-bond acceptors (Lipinski definition) is 4. The molecule has 3 amide bonds. The van der Waals surface area contributed by atoms with Crippen molar-refractivity contribution >= 4 is 30.1 Å². The molecule has 1 heterocycles. The predicted molar refractivity (Wildman–Crippen MR) is 161 cm³/mol. The summed E-state index contributed by atoms with van der Waals surface area (Å²) in [6.07, 6.45) is 5.48. The first-order valence-corrected chi connectivity index (χ1v) is 14.4. The van der Waals surface area contributed by atoms with E-state index >= 15 is 0 Å². The van der Waals surface area contributed by atoms with Crippen LogP contribution >= 0.6 is 12.4 Å². The molecule has 40 heavy (non-hydrogen) atoms. The summed E-state index contributed by atoms with van der Waals surface area (Å²) in [7, 11) is 0. The van der Waals surface area contributed by atoms with Crippen LogP contribution in [0, 0.1) is 0 Å². The van der Waals surface area contributed by atoms with Gasteiger partial charge in [0.2, 0.25) is 17.7 Å². The Bertz CT molecular complexity index is 1160.